The van der Waals surface area contributed by atoms with E-state index in [1.165, 1.54) is 6.42 Å². The van der Waals surface area contributed by atoms with Gasteiger partial charge in [-0.3, -0.25) is 4.90 Å². The fourth-order valence-electron chi connectivity index (χ4n) is 4.59. The van der Waals surface area contributed by atoms with Crippen LogP contribution in [0.1, 0.15) is 138 Å². The Labute approximate surface area is 193 Å². The minimum absolute atomic E-state index is 0.0123. The smallest absolute Gasteiger partial charge is 0.0215 e. The lowest BCUT2D eigenvalue weighted by Gasteiger charge is -2.67. The first-order chi connectivity index (χ1) is 12.6. The van der Waals surface area contributed by atoms with Gasteiger partial charge in [0.15, 0.2) is 0 Å². The fourth-order valence-corrected chi connectivity index (χ4v) is 4.59. The summed E-state index contributed by atoms with van der Waals surface area (Å²) in [7, 11) is 0. The molecule has 1 heteroatoms. The predicted molar refractivity (Wildman–Crippen MR) is 139 cm³/mol. The molecule has 0 aliphatic rings. The molecule has 1 nitrogen and oxygen atoms in total. The molecule has 30 heavy (non-hydrogen) atoms. The van der Waals surface area contributed by atoms with Crippen LogP contribution >= 0.6 is 0 Å². The molecule has 0 saturated heterocycles. The van der Waals surface area contributed by atoms with Crippen LogP contribution in [0.5, 0.6) is 0 Å². The van der Waals surface area contributed by atoms with Gasteiger partial charge in [-0.25, -0.2) is 0 Å². The summed E-state index contributed by atoms with van der Waals surface area (Å²) >= 11 is 0. The van der Waals surface area contributed by atoms with Crippen LogP contribution in [0.3, 0.4) is 0 Å². The summed E-state index contributed by atoms with van der Waals surface area (Å²) in [5.74, 6) is 0. The molecule has 0 heterocycles. The van der Waals surface area contributed by atoms with Crippen molar-refractivity contribution in [3.05, 3.63) is 0 Å². The highest BCUT2D eigenvalue weighted by Gasteiger charge is 2.59. The van der Waals surface area contributed by atoms with E-state index in [9.17, 15) is 0 Å². The zero-order valence-corrected chi connectivity index (χ0v) is 24.9. The van der Waals surface area contributed by atoms with Gasteiger partial charge >= 0.3 is 0 Å². The first kappa shape index (κ1) is 30.0. The van der Waals surface area contributed by atoms with Crippen molar-refractivity contribution in [1.82, 2.24) is 4.90 Å². The Bertz CT molecular complexity index is 570. The van der Waals surface area contributed by atoms with Gasteiger partial charge in [-0.05, 0) is 60.2 Å². The molecule has 0 aromatic rings. The SMILES string of the molecule is CCC(C)(C)C(C)(C)C(C)(C)N(CC(C)(C)C(C)(C)C)C(C)(C)C(C)(C)C(C)(C)C. The van der Waals surface area contributed by atoms with Gasteiger partial charge in [0.1, 0.15) is 0 Å². The second-order valence-corrected chi connectivity index (χ2v) is 15.6. The molecule has 0 aliphatic heterocycles. The lowest BCUT2D eigenvalue weighted by molar-refractivity contribution is -0.172. The Kier molecular flexibility index (Phi) is 8.06. The van der Waals surface area contributed by atoms with Gasteiger partial charge < -0.3 is 0 Å². The predicted octanol–water partition coefficient (Wildman–Crippen LogP) is 9.45. The van der Waals surface area contributed by atoms with Crippen LogP contribution in [0.2, 0.25) is 0 Å². The minimum Gasteiger partial charge on any atom is -0.291 e. The molecule has 0 saturated carbocycles. The average molecular weight is 424 g/mol. The lowest BCUT2D eigenvalue weighted by Crippen LogP contribution is -2.71. The maximum absolute atomic E-state index is 2.91. The largest absolute Gasteiger partial charge is 0.291 e. The Morgan fingerprint density at radius 2 is 0.767 bits per heavy atom. The first-order valence-electron chi connectivity index (χ1n) is 12.4. The van der Waals surface area contributed by atoms with E-state index in [1.807, 2.05) is 0 Å². The molecule has 0 aromatic heterocycles. The zero-order chi connectivity index (χ0) is 25.0. The van der Waals surface area contributed by atoms with Crippen LogP contribution < -0.4 is 0 Å². The van der Waals surface area contributed by atoms with E-state index in [4.69, 9.17) is 0 Å². The Morgan fingerprint density at radius 3 is 1.03 bits per heavy atom. The van der Waals surface area contributed by atoms with Gasteiger partial charge in [-0.15, -0.1) is 0 Å². The average Bonchev–Trinajstić information content (AvgIpc) is 2.49. The van der Waals surface area contributed by atoms with Crippen molar-refractivity contribution in [3.63, 3.8) is 0 Å². The van der Waals surface area contributed by atoms with Crippen LogP contribution in [0, 0.1) is 32.5 Å². The summed E-state index contributed by atoms with van der Waals surface area (Å²) in [6.45, 7) is 47.8. The fraction of sp³-hybridized carbons (Fsp3) is 1.00. The third-order valence-corrected chi connectivity index (χ3v) is 11.4. The highest BCUT2D eigenvalue weighted by atomic mass is 15.3. The molecule has 0 unspecified atom stereocenters. The molecule has 182 valence electrons. The van der Waals surface area contributed by atoms with Crippen LogP contribution in [0.25, 0.3) is 0 Å². The van der Waals surface area contributed by atoms with Crippen LogP contribution in [-0.2, 0) is 0 Å². The molecule has 0 bridgehead atoms. The van der Waals surface area contributed by atoms with Gasteiger partial charge in [0, 0.05) is 17.6 Å². The van der Waals surface area contributed by atoms with Gasteiger partial charge in [0.2, 0.25) is 0 Å². The Hall–Kier alpha value is -0.0400. The van der Waals surface area contributed by atoms with E-state index < -0.39 is 0 Å². The van der Waals surface area contributed by atoms with Gasteiger partial charge in [0.05, 0.1) is 0 Å². The van der Waals surface area contributed by atoms with Crippen molar-refractivity contribution in [2.75, 3.05) is 6.54 Å². The van der Waals surface area contributed by atoms with Crippen LogP contribution in [-0.4, -0.2) is 22.5 Å². The quantitative estimate of drug-likeness (QED) is 0.375. The second-order valence-electron chi connectivity index (χ2n) is 15.6. The Balaban J connectivity index is 6.98. The highest BCUT2D eigenvalue weighted by Crippen LogP contribution is 2.58. The third kappa shape index (κ3) is 4.82. The number of hydrogen-bond donors (Lipinski definition) is 0. The molecule has 0 atom stereocenters. The van der Waals surface area contributed by atoms with Crippen molar-refractivity contribution in [2.45, 2.75) is 149 Å². The summed E-state index contributed by atoms with van der Waals surface area (Å²) in [5.41, 5.74) is 1.13. The van der Waals surface area contributed by atoms with E-state index in [2.05, 4.69) is 136 Å². The van der Waals surface area contributed by atoms with Gasteiger partial charge in [-0.2, -0.15) is 0 Å². The monoisotopic (exact) mass is 423 g/mol. The molecule has 0 spiro atoms. The maximum Gasteiger partial charge on any atom is 0.0215 e. The lowest BCUT2D eigenvalue weighted by atomic mass is 9.53. The molecule has 0 rings (SSSR count). The molecule has 0 fully saturated rings. The van der Waals surface area contributed by atoms with E-state index in [0.29, 0.717) is 0 Å². The van der Waals surface area contributed by atoms with E-state index in [1.54, 1.807) is 0 Å². The molecule has 0 N–H and O–H groups in total. The van der Waals surface area contributed by atoms with E-state index in [-0.39, 0.29) is 43.6 Å². The molecule has 0 radical (unpaired) electrons. The van der Waals surface area contributed by atoms with Gasteiger partial charge in [0.25, 0.3) is 0 Å². The minimum atomic E-state index is 0.0123. The van der Waals surface area contributed by atoms with Crippen molar-refractivity contribution >= 4 is 0 Å². The van der Waals surface area contributed by atoms with Crippen molar-refractivity contribution in [2.24, 2.45) is 32.5 Å². The standard InChI is InChI=1S/C29H61N/c1-20-24(8,9)27(14,15)29(18,19)30(21-25(10,11)22(2,3)4)28(16,17)26(12,13)23(5,6)7/h20-21H2,1-19H3. The topological polar surface area (TPSA) is 3.24 Å². The van der Waals surface area contributed by atoms with Crippen LogP contribution in [0.4, 0.5) is 0 Å². The maximum atomic E-state index is 2.91. The van der Waals surface area contributed by atoms with Gasteiger partial charge in [-0.1, -0.05) is 110 Å². The van der Waals surface area contributed by atoms with Crippen molar-refractivity contribution in [1.29, 1.82) is 0 Å². The number of hydrogen-bond acceptors (Lipinski definition) is 1. The van der Waals surface area contributed by atoms with E-state index in [0.717, 1.165) is 6.54 Å². The van der Waals surface area contributed by atoms with E-state index >= 15 is 0 Å². The molecule has 0 aliphatic carbocycles. The summed E-state index contributed by atoms with van der Waals surface area (Å²) in [6, 6.07) is 0. The summed E-state index contributed by atoms with van der Waals surface area (Å²) < 4.78 is 0. The molecule has 0 amide bonds. The molecule has 0 aromatic carbocycles. The number of rotatable bonds is 8. The normalized spacial score (nSPS) is 16.4. The molecular formula is C29H61N. The highest BCUT2D eigenvalue weighted by molar-refractivity contribution is 5.11. The summed E-state index contributed by atoms with van der Waals surface area (Å²) in [5, 5.41) is 0. The second kappa shape index (κ2) is 8.07. The summed E-state index contributed by atoms with van der Waals surface area (Å²) in [4.78, 5) is 2.91. The van der Waals surface area contributed by atoms with Crippen LogP contribution in [0.15, 0.2) is 0 Å². The third-order valence-electron chi connectivity index (χ3n) is 11.4. The Morgan fingerprint density at radius 1 is 0.433 bits per heavy atom. The number of nitrogens with zero attached hydrogens (tertiary/aromatic N) is 1. The van der Waals surface area contributed by atoms with Crippen molar-refractivity contribution < 1.29 is 0 Å². The molecular weight excluding hydrogens is 362 g/mol. The summed E-state index contributed by atoms with van der Waals surface area (Å²) in [6.07, 6.45) is 1.18. The zero-order valence-electron chi connectivity index (χ0n) is 24.9. The first-order valence-corrected chi connectivity index (χ1v) is 12.4. The van der Waals surface area contributed by atoms with Crippen molar-refractivity contribution in [3.8, 4) is 0 Å².